The molecule has 2 aromatic rings. The number of rotatable bonds is 3. The Hall–Kier alpha value is -0.870. The van der Waals surface area contributed by atoms with Crippen LogP contribution in [-0.2, 0) is 6.42 Å². The van der Waals surface area contributed by atoms with Gasteiger partial charge in [-0.3, -0.25) is 4.79 Å². The van der Waals surface area contributed by atoms with Crippen molar-refractivity contribution < 1.29 is 9.21 Å². The third-order valence-corrected chi connectivity index (χ3v) is 4.45. The number of carbonyl (C=O) groups is 1. The van der Waals surface area contributed by atoms with Crippen LogP contribution in [0.4, 0.5) is 0 Å². The molecule has 0 atom stereocenters. The van der Waals surface area contributed by atoms with Crippen LogP contribution in [0.25, 0.3) is 0 Å². The number of thiophene rings is 1. The molecule has 2 aromatic heterocycles. The fraction of sp³-hybridized carbons (Fsp3) is 0.250. The number of hydrogen-bond acceptors (Lipinski definition) is 3. The van der Waals surface area contributed by atoms with Gasteiger partial charge in [0, 0.05) is 15.8 Å². The molecular formula is C12H11BrO2S. The van der Waals surface area contributed by atoms with Crippen molar-refractivity contribution in [2.75, 3.05) is 0 Å². The molecule has 0 aliphatic rings. The number of carbonyl (C=O) groups excluding carboxylic acids is 1. The molecular weight excluding hydrogens is 288 g/mol. The highest BCUT2D eigenvalue weighted by Gasteiger charge is 2.16. The molecule has 2 rings (SSSR count). The molecule has 0 aromatic carbocycles. The van der Waals surface area contributed by atoms with Gasteiger partial charge in [0.15, 0.2) is 5.76 Å². The minimum absolute atomic E-state index is 0.0431. The van der Waals surface area contributed by atoms with Gasteiger partial charge in [0.2, 0.25) is 5.78 Å². The van der Waals surface area contributed by atoms with Gasteiger partial charge >= 0.3 is 0 Å². The lowest BCUT2D eigenvalue weighted by Crippen LogP contribution is -1.95. The maximum absolute atomic E-state index is 12.0. The minimum atomic E-state index is -0.0431. The lowest BCUT2D eigenvalue weighted by atomic mass is 10.2. The highest BCUT2D eigenvalue weighted by Crippen LogP contribution is 2.28. The maximum Gasteiger partial charge on any atom is 0.238 e. The fourth-order valence-corrected chi connectivity index (χ4v) is 2.86. The smallest absolute Gasteiger partial charge is 0.238 e. The van der Waals surface area contributed by atoms with Gasteiger partial charge in [0.05, 0.1) is 4.88 Å². The normalized spacial score (nSPS) is 10.7. The molecule has 0 bridgehead atoms. The van der Waals surface area contributed by atoms with Crippen LogP contribution in [0.5, 0.6) is 0 Å². The van der Waals surface area contributed by atoms with Crippen LogP contribution in [0.2, 0.25) is 0 Å². The minimum Gasteiger partial charge on any atom is -0.458 e. The quantitative estimate of drug-likeness (QED) is 0.795. The second-order valence-corrected chi connectivity index (χ2v) is 5.57. The lowest BCUT2D eigenvalue weighted by Gasteiger charge is -1.92. The summed E-state index contributed by atoms with van der Waals surface area (Å²) in [6, 6.07) is 5.43. The van der Waals surface area contributed by atoms with Crippen molar-refractivity contribution in [2.45, 2.75) is 20.3 Å². The van der Waals surface area contributed by atoms with Crippen LogP contribution >= 0.6 is 27.3 Å². The predicted molar refractivity (Wildman–Crippen MR) is 68.3 cm³/mol. The summed E-state index contributed by atoms with van der Waals surface area (Å²) in [5.74, 6) is 1.22. The molecule has 0 fully saturated rings. The molecule has 84 valence electrons. The maximum atomic E-state index is 12.0. The fourth-order valence-electron chi connectivity index (χ4n) is 1.38. The van der Waals surface area contributed by atoms with Crippen molar-refractivity contribution >= 4 is 33.0 Å². The third kappa shape index (κ3) is 2.13. The summed E-state index contributed by atoms with van der Waals surface area (Å²) in [6.07, 6.45) is 0.806. The summed E-state index contributed by atoms with van der Waals surface area (Å²) in [4.78, 5) is 13.8. The molecule has 0 unspecified atom stereocenters. The van der Waals surface area contributed by atoms with E-state index >= 15 is 0 Å². The van der Waals surface area contributed by atoms with Crippen molar-refractivity contribution in [1.82, 2.24) is 0 Å². The van der Waals surface area contributed by atoms with Crippen molar-refractivity contribution in [1.29, 1.82) is 0 Å². The number of halogens is 1. The molecule has 0 N–H and O–H groups in total. The average Bonchev–Trinajstić information content (AvgIpc) is 2.86. The van der Waals surface area contributed by atoms with E-state index < -0.39 is 0 Å². The Kier molecular flexibility index (Phi) is 3.30. The summed E-state index contributed by atoms with van der Waals surface area (Å²) in [7, 11) is 0. The van der Waals surface area contributed by atoms with Crippen molar-refractivity contribution in [3.63, 3.8) is 0 Å². The number of furan rings is 1. The van der Waals surface area contributed by atoms with E-state index in [9.17, 15) is 4.79 Å². The standard InChI is InChI=1S/C12H11BrO2S/c1-3-8-4-5-10(15-8)12(14)11-6-9(13)7(2)16-11/h4-6H,3H2,1-2H3. The van der Waals surface area contributed by atoms with Crippen LogP contribution in [0, 0.1) is 6.92 Å². The molecule has 0 saturated carbocycles. The number of aryl methyl sites for hydroxylation is 2. The Morgan fingerprint density at radius 1 is 1.50 bits per heavy atom. The Bertz CT molecular complexity index is 505. The van der Waals surface area contributed by atoms with E-state index in [4.69, 9.17) is 4.42 Å². The largest absolute Gasteiger partial charge is 0.458 e. The third-order valence-electron chi connectivity index (χ3n) is 2.31. The van der Waals surface area contributed by atoms with Crippen LogP contribution < -0.4 is 0 Å². The van der Waals surface area contributed by atoms with Gasteiger partial charge in [0.25, 0.3) is 0 Å². The summed E-state index contributed by atoms with van der Waals surface area (Å²) in [5, 5.41) is 0. The van der Waals surface area contributed by atoms with E-state index in [2.05, 4.69) is 15.9 Å². The van der Waals surface area contributed by atoms with Crippen LogP contribution in [0.15, 0.2) is 27.1 Å². The number of ketones is 1. The summed E-state index contributed by atoms with van der Waals surface area (Å²) < 4.78 is 6.42. The lowest BCUT2D eigenvalue weighted by molar-refractivity contribution is 0.101. The SMILES string of the molecule is CCc1ccc(C(=O)c2cc(Br)c(C)s2)o1. The Morgan fingerprint density at radius 2 is 2.25 bits per heavy atom. The summed E-state index contributed by atoms with van der Waals surface area (Å²) >= 11 is 4.88. The van der Waals surface area contributed by atoms with E-state index in [1.807, 2.05) is 26.0 Å². The highest BCUT2D eigenvalue weighted by molar-refractivity contribution is 9.10. The molecule has 4 heteroatoms. The first-order chi connectivity index (χ1) is 7.61. The zero-order valence-corrected chi connectivity index (χ0v) is 11.4. The molecule has 0 aliphatic carbocycles. The van der Waals surface area contributed by atoms with Crippen molar-refractivity contribution in [3.05, 3.63) is 43.9 Å². The van der Waals surface area contributed by atoms with E-state index in [0.29, 0.717) is 10.6 Å². The van der Waals surface area contributed by atoms with Gasteiger partial charge in [-0.1, -0.05) is 6.92 Å². The average molecular weight is 299 g/mol. The predicted octanol–water partition coefficient (Wildman–Crippen LogP) is 4.21. The zero-order chi connectivity index (χ0) is 11.7. The van der Waals surface area contributed by atoms with Crippen LogP contribution in [0.1, 0.15) is 33.0 Å². The molecule has 0 amide bonds. The van der Waals surface area contributed by atoms with Gasteiger partial charge in [-0.25, -0.2) is 0 Å². The molecule has 0 aliphatic heterocycles. The van der Waals surface area contributed by atoms with Gasteiger partial charge < -0.3 is 4.42 Å². The van der Waals surface area contributed by atoms with E-state index in [1.165, 1.54) is 11.3 Å². The molecule has 2 heterocycles. The topological polar surface area (TPSA) is 30.2 Å². The Morgan fingerprint density at radius 3 is 2.75 bits per heavy atom. The van der Waals surface area contributed by atoms with Gasteiger partial charge in [-0.05, 0) is 41.1 Å². The molecule has 0 radical (unpaired) electrons. The highest BCUT2D eigenvalue weighted by atomic mass is 79.9. The van der Waals surface area contributed by atoms with E-state index in [0.717, 1.165) is 21.5 Å². The zero-order valence-electron chi connectivity index (χ0n) is 9.04. The van der Waals surface area contributed by atoms with E-state index in [1.54, 1.807) is 6.07 Å². The Balaban J connectivity index is 2.31. The monoisotopic (exact) mass is 298 g/mol. The van der Waals surface area contributed by atoms with Crippen LogP contribution in [0.3, 0.4) is 0 Å². The summed E-state index contributed by atoms with van der Waals surface area (Å²) in [6.45, 7) is 3.98. The summed E-state index contributed by atoms with van der Waals surface area (Å²) in [5.41, 5.74) is 0. The van der Waals surface area contributed by atoms with Crippen molar-refractivity contribution in [3.8, 4) is 0 Å². The van der Waals surface area contributed by atoms with Gasteiger partial charge in [-0.2, -0.15) is 0 Å². The van der Waals surface area contributed by atoms with Crippen molar-refractivity contribution in [2.24, 2.45) is 0 Å². The second kappa shape index (κ2) is 4.55. The molecule has 0 spiro atoms. The first-order valence-corrected chi connectivity index (χ1v) is 6.62. The molecule has 0 saturated heterocycles. The van der Waals surface area contributed by atoms with Crippen LogP contribution in [-0.4, -0.2) is 5.78 Å². The Labute approximate surface area is 106 Å². The van der Waals surface area contributed by atoms with Gasteiger partial charge in [0.1, 0.15) is 5.76 Å². The second-order valence-electron chi connectivity index (χ2n) is 3.46. The van der Waals surface area contributed by atoms with E-state index in [-0.39, 0.29) is 5.78 Å². The van der Waals surface area contributed by atoms with Gasteiger partial charge in [-0.15, -0.1) is 11.3 Å². The molecule has 2 nitrogen and oxygen atoms in total. The first-order valence-electron chi connectivity index (χ1n) is 5.01. The molecule has 16 heavy (non-hydrogen) atoms. The first kappa shape index (κ1) is 11.6. The number of hydrogen-bond donors (Lipinski definition) is 0.